The SMILES string of the molecule is C=C(C)C(=O)OC(C)(NC(=O)C1CCCCC1)NC(=O)C1CCCCC1. The molecule has 0 bridgehead atoms. The molecule has 0 atom stereocenters. The minimum Gasteiger partial charge on any atom is -0.417 e. The van der Waals surface area contributed by atoms with E-state index in [0.29, 0.717) is 0 Å². The van der Waals surface area contributed by atoms with Crippen molar-refractivity contribution in [1.29, 1.82) is 0 Å². The van der Waals surface area contributed by atoms with Crippen molar-refractivity contribution < 1.29 is 19.1 Å². The highest BCUT2D eigenvalue weighted by Gasteiger charge is 2.37. The van der Waals surface area contributed by atoms with Crippen LogP contribution in [0, 0.1) is 11.8 Å². The van der Waals surface area contributed by atoms with Crippen molar-refractivity contribution in [2.45, 2.75) is 83.9 Å². The third-order valence-electron chi connectivity index (χ3n) is 5.32. The van der Waals surface area contributed by atoms with E-state index >= 15 is 0 Å². The molecule has 2 amide bonds. The number of hydrogen-bond donors (Lipinski definition) is 2. The zero-order valence-corrected chi connectivity index (χ0v) is 16.1. The lowest BCUT2D eigenvalue weighted by Gasteiger charge is -2.35. The summed E-state index contributed by atoms with van der Waals surface area (Å²) < 4.78 is 5.42. The maximum Gasteiger partial charge on any atom is 0.336 e. The fourth-order valence-electron chi connectivity index (χ4n) is 3.76. The number of carbonyl (C=O) groups excluding carboxylic acids is 3. The van der Waals surface area contributed by atoms with Crippen LogP contribution in [-0.4, -0.2) is 23.6 Å². The molecule has 0 spiro atoms. The standard InChI is InChI=1S/C20H32N2O4/c1-14(2)19(25)26-20(3,21-17(23)15-10-6-4-7-11-15)22-18(24)16-12-8-5-9-13-16/h15-16H,1,4-13H2,2-3H3,(H,21,23)(H,22,24). The maximum absolute atomic E-state index is 12.6. The summed E-state index contributed by atoms with van der Waals surface area (Å²) in [5.41, 5.74) is 0.218. The van der Waals surface area contributed by atoms with Crippen molar-refractivity contribution in [3.05, 3.63) is 12.2 Å². The van der Waals surface area contributed by atoms with Crippen LogP contribution in [0.1, 0.15) is 78.1 Å². The first kappa shape index (κ1) is 20.5. The zero-order chi connectivity index (χ0) is 19.2. The maximum atomic E-state index is 12.6. The van der Waals surface area contributed by atoms with Gasteiger partial charge in [0.2, 0.25) is 11.8 Å². The van der Waals surface area contributed by atoms with Gasteiger partial charge < -0.3 is 15.4 Å². The Labute approximate surface area is 156 Å². The fraction of sp³-hybridized carbons (Fsp3) is 0.750. The average Bonchev–Trinajstić information content (AvgIpc) is 2.62. The highest BCUT2D eigenvalue weighted by Crippen LogP contribution is 2.26. The van der Waals surface area contributed by atoms with Crippen LogP contribution in [-0.2, 0) is 19.1 Å². The van der Waals surface area contributed by atoms with E-state index in [1.165, 1.54) is 13.8 Å². The Hall–Kier alpha value is -1.85. The molecule has 0 saturated heterocycles. The van der Waals surface area contributed by atoms with E-state index in [-0.39, 0.29) is 29.2 Å². The number of amides is 2. The summed E-state index contributed by atoms with van der Waals surface area (Å²) in [4.78, 5) is 37.3. The fourth-order valence-corrected chi connectivity index (χ4v) is 3.76. The van der Waals surface area contributed by atoms with Crippen LogP contribution < -0.4 is 10.6 Å². The van der Waals surface area contributed by atoms with Gasteiger partial charge in [0.1, 0.15) is 0 Å². The van der Waals surface area contributed by atoms with E-state index in [1.807, 2.05) is 0 Å². The Kier molecular flexibility index (Phi) is 7.23. The molecule has 0 unspecified atom stereocenters. The third kappa shape index (κ3) is 5.85. The van der Waals surface area contributed by atoms with Crippen molar-refractivity contribution in [3.63, 3.8) is 0 Å². The molecule has 0 aromatic carbocycles. The summed E-state index contributed by atoms with van der Waals surface area (Å²) in [6.45, 7) is 6.64. The number of rotatable bonds is 6. The van der Waals surface area contributed by atoms with Gasteiger partial charge in [-0.1, -0.05) is 45.1 Å². The van der Waals surface area contributed by atoms with Crippen LogP contribution in [0.15, 0.2) is 12.2 Å². The molecule has 0 aromatic heterocycles. The minimum absolute atomic E-state index is 0.0989. The van der Waals surface area contributed by atoms with Crippen LogP contribution in [0.2, 0.25) is 0 Å². The van der Waals surface area contributed by atoms with Gasteiger partial charge in [-0.25, -0.2) is 4.79 Å². The summed E-state index contributed by atoms with van der Waals surface area (Å²) in [5, 5.41) is 5.53. The largest absolute Gasteiger partial charge is 0.417 e. The molecular weight excluding hydrogens is 332 g/mol. The first-order chi connectivity index (χ1) is 12.3. The van der Waals surface area contributed by atoms with Gasteiger partial charge in [-0.3, -0.25) is 9.59 Å². The van der Waals surface area contributed by atoms with Gasteiger partial charge in [0.25, 0.3) is 5.85 Å². The topological polar surface area (TPSA) is 84.5 Å². The molecule has 0 heterocycles. The second kappa shape index (κ2) is 9.19. The van der Waals surface area contributed by atoms with Crippen molar-refractivity contribution in [3.8, 4) is 0 Å². The first-order valence-electron chi connectivity index (χ1n) is 9.83. The summed E-state index contributed by atoms with van der Waals surface area (Å²) in [7, 11) is 0. The predicted molar refractivity (Wildman–Crippen MR) is 98.7 cm³/mol. The summed E-state index contributed by atoms with van der Waals surface area (Å²) in [6.07, 6.45) is 9.68. The lowest BCUT2D eigenvalue weighted by atomic mass is 9.88. The van der Waals surface area contributed by atoms with Crippen molar-refractivity contribution in [1.82, 2.24) is 10.6 Å². The van der Waals surface area contributed by atoms with Crippen molar-refractivity contribution in [2.75, 3.05) is 0 Å². The van der Waals surface area contributed by atoms with Gasteiger partial charge in [-0.2, -0.15) is 0 Å². The van der Waals surface area contributed by atoms with Crippen LogP contribution in [0.3, 0.4) is 0 Å². The van der Waals surface area contributed by atoms with Crippen LogP contribution in [0.25, 0.3) is 0 Å². The van der Waals surface area contributed by atoms with E-state index in [1.54, 1.807) is 0 Å². The molecule has 26 heavy (non-hydrogen) atoms. The molecular formula is C20H32N2O4. The average molecular weight is 364 g/mol. The second-order valence-corrected chi connectivity index (χ2v) is 7.85. The summed E-state index contributed by atoms with van der Waals surface area (Å²) in [5.74, 6) is -2.74. The molecule has 2 saturated carbocycles. The van der Waals surface area contributed by atoms with Crippen molar-refractivity contribution in [2.24, 2.45) is 11.8 Å². The number of esters is 1. The van der Waals surface area contributed by atoms with Crippen LogP contribution >= 0.6 is 0 Å². The lowest BCUT2D eigenvalue weighted by Crippen LogP contribution is -2.63. The van der Waals surface area contributed by atoms with Gasteiger partial charge in [-0.15, -0.1) is 0 Å². The predicted octanol–water partition coefficient (Wildman–Crippen LogP) is 3.17. The highest BCUT2D eigenvalue weighted by molar-refractivity contribution is 5.88. The Morgan fingerprint density at radius 1 is 0.846 bits per heavy atom. The Morgan fingerprint density at radius 3 is 1.58 bits per heavy atom. The first-order valence-corrected chi connectivity index (χ1v) is 9.83. The second-order valence-electron chi connectivity index (χ2n) is 7.85. The molecule has 2 aliphatic rings. The quantitative estimate of drug-likeness (QED) is 0.431. The zero-order valence-electron chi connectivity index (χ0n) is 16.1. The number of ether oxygens (including phenoxy) is 1. The molecule has 146 valence electrons. The van der Waals surface area contributed by atoms with Gasteiger partial charge in [0.05, 0.1) is 0 Å². The Morgan fingerprint density at radius 2 is 1.23 bits per heavy atom. The molecule has 0 aromatic rings. The van der Waals surface area contributed by atoms with Gasteiger partial charge in [-0.05, 0) is 32.6 Å². The highest BCUT2D eigenvalue weighted by atomic mass is 16.6. The molecule has 2 fully saturated rings. The molecule has 6 nitrogen and oxygen atoms in total. The third-order valence-corrected chi connectivity index (χ3v) is 5.32. The van der Waals surface area contributed by atoms with Gasteiger partial charge in [0.15, 0.2) is 0 Å². The van der Waals surface area contributed by atoms with E-state index in [0.717, 1.165) is 64.2 Å². The van der Waals surface area contributed by atoms with E-state index in [4.69, 9.17) is 4.74 Å². The lowest BCUT2D eigenvalue weighted by molar-refractivity contribution is -0.167. The number of carbonyl (C=O) groups is 3. The van der Waals surface area contributed by atoms with E-state index in [9.17, 15) is 14.4 Å². The van der Waals surface area contributed by atoms with Crippen LogP contribution in [0.5, 0.6) is 0 Å². The molecule has 0 radical (unpaired) electrons. The smallest absolute Gasteiger partial charge is 0.336 e. The summed E-state index contributed by atoms with van der Waals surface area (Å²) >= 11 is 0. The van der Waals surface area contributed by atoms with Gasteiger partial charge >= 0.3 is 5.97 Å². The molecule has 2 rings (SSSR count). The Balaban J connectivity index is 2.06. The number of hydrogen-bond acceptors (Lipinski definition) is 4. The van der Waals surface area contributed by atoms with E-state index < -0.39 is 11.8 Å². The Bertz CT molecular complexity index is 514. The minimum atomic E-state index is -1.56. The molecule has 2 aliphatic carbocycles. The van der Waals surface area contributed by atoms with Crippen molar-refractivity contribution >= 4 is 17.8 Å². The van der Waals surface area contributed by atoms with E-state index in [2.05, 4.69) is 17.2 Å². The van der Waals surface area contributed by atoms with Gasteiger partial charge in [0, 0.05) is 24.3 Å². The molecule has 2 N–H and O–H groups in total. The molecule has 0 aliphatic heterocycles. The van der Waals surface area contributed by atoms with Crippen LogP contribution in [0.4, 0.5) is 0 Å². The molecule has 6 heteroatoms. The summed E-state index contributed by atoms with van der Waals surface area (Å²) in [6, 6.07) is 0. The monoisotopic (exact) mass is 364 g/mol. The normalized spacial score (nSPS) is 19.5. The number of nitrogens with one attached hydrogen (secondary N) is 2.